The number of anilines is 1. The van der Waals surface area contributed by atoms with Crippen molar-refractivity contribution >= 4 is 11.6 Å². The van der Waals surface area contributed by atoms with E-state index < -0.39 is 0 Å². The van der Waals surface area contributed by atoms with Gasteiger partial charge in [-0.1, -0.05) is 0 Å². The van der Waals surface area contributed by atoms with Gasteiger partial charge in [0, 0.05) is 45.0 Å². The Kier molecular flexibility index (Phi) is 4.39. The highest BCUT2D eigenvalue weighted by Crippen LogP contribution is 2.50. The van der Waals surface area contributed by atoms with Gasteiger partial charge in [0.2, 0.25) is 0 Å². The molecule has 1 atom stereocenters. The maximum atomic E-state index is 13.1. The first-order valence-electron chi connectivity index (χ1n) is 11.5. The summed E-state index contributed by atoms with van der Waals surface area (Å²) in [6.07, 6.45) is 6.45. The zero-order valence-corrected chi connectivity index (χ0v) is 19.3. The summed E-state index contributed by atoms with van der Waals surface area (Å²) in [6.45, 7) is 3.87. The lowest BCUT2D eigenvalue weighted by molar-refractivity contribution is -0.0392. The summed E-state index contributed by atoms with van der Waals surface area (Å²) >= 11 is 0. The van der Waals surface area contributed by atoms with Crippen molar-refractivity contribution in [3.8, 4) is 11.4 Å². The largest absolute Gasteiger partial charge is 0.497 e. The third-order valence-electron chi connectivity index (χ3n) is 7.53. The van der Waals surface area contributed by atoms with Crippen molar-refractivity contribution in [3.05, 3.63) is 59.7 Å². The molecular formula is C25H29N5O3. The van der Waals surface area contributed by atoms with Crippen LogP contribution in [0.1, 0.15) is 41.0 Å². The van der Waals surface area contributed by atoms with Gasteiger partial charge in [-0.15, -0.1) is 0 Å². The second-order valence-electron chi connectivity index (χ2n) is 9.60. The lowest BCUT2D eigenvalue weighted by Gasteiger charge is -2.41. The van der Waals surface area contributed by atoms with Crippen molar-refractivity contribution < 1.29 is 14.3 Å². The van der Waals surface area contributed by atoms with Crippen LogP contribution >= 0.6 is 0 Å². The van der Waals surface area contributed by atoms with E-state index in [-0.39, 0.29) is 17.0 Å². The molecule has 1 unspecified atom stereocenters. The predicted molar refractivity (Wildman–Crippen MR) is 124 cm³/mol. The number of hydrogen-bond acceptors (Lipinski definition) is 5. The van der Waals surface area contributed by atoms with Gasteiger partial charge in [0.25, 0.3) is 5.91 Å². The van der Waals surface area contributed by atoms with Crippen LogP contribution in [0.4, 0.5) is 5.69 Å². The van der Waals surface area contributed by atoms with Crippen molar-refractivity contribution in [2.45, 2.75) is 37.3 Å². The topological polar surface area (TPSA) is 73.6 Å². The van der Waals surface area contributed by atoms with Crippen LogP contribution in [0.25, 0.3) is 5.69 Å². The molecule has 0 bridgehead atoms. The average molecular weight is 448 g/mol. The first-order chi connectivity index (χ1) is 15.9. The number of benzene rings is 1. The Balaban J connectivity index is 1.24. The third kappa shape index (κ3) is 3.08. The van der Waals surface area contributed by atoms with Crippen LogP contribution in [0.5, 0.6) is 5.75 Å². The number of carbonyl (C=O) groups is 1. The fraction of sp³-hybridized carbons (Fsp3) is 0.440. The summed E-state index contributed by atoms with van der Waals surface area (Å²) in [7, 11) is 3.54. The normalized spacial score (nSPS) is 22.8. The molecule has 0 saturated carbocycles. The van der Waals surface area contributed by atoms with E-state index in [4.69, 9.17) is 9.47 Å². The van der Waals surface area contributed by atoms with Gasteiger partial charge in [0.1, 0.15) is 11.3 Å². The fourth-order valence-electron chi connectivity index (χ4n) is 5.85. The smallest absolute Gasteiger partial charge is 0.257 e. The Hall–Kier alpha value is -3.26. The van der Waals surface area contributed by atoms with Gasteiger partial charge in [-0.05, 0) is 44.0 Å². The van der Waals surface area contributed by atoms with Gasteiger partial charge in [-0.3, -0.25) is 9.48 Å². The number of fused-ring (bicyclic) bond motifs is 4. The molecule has 3 aliphatic heterocycles. The minimum absolute atomic E-state index is 0.0638. The molecule has 8 heteroatoms. The minimum Gasteiger partial charge on any atom is -0.497 e. The van der Waals surface area contributed by atoms with E-state index in [1.165, 1.54) is 5.69 Å². The number of aromatic nitrogens is 3. The number of ether oxygens (including phenoxy) is 2. The molecule has 172 valence electrons. The van der Waals surface area contributed by atoms with Crippen LogP contribution < -0.4 is 10.1 Å². The number of piperidine rings is 1. The van der Waals surface area contributed by atoms with Crippen LogP contribution in [0.2, 0.25) is 0 Å². The van der Waals surface area contributed by atoms with Crippen LogP contribution in [0.15, 0.2) is 42.7 Å². The van der Waals surface area contributed by atoms with E-state index in [9.17, 15) is 4.79 Å². The monoisotopic (exact) mass is 447 g/mol. The molecule has 2 spiro atoms. The second kappa shape index (κ2) is 7.12. The molecular weight excluding hydrogens is 418 g/mol. The van der Waals surface area contributed by atoms with E-state index in [1.54, 1.807) is 11.8 Å². The van der Waals surface area contributed by atoms with Crippen LogP contribution in [-0.2, 0) is 17.3 Å². The highest BCUT2D eigenvalue weighted by atomic mass is 16.5. The van der Waals surface area contributed by atoms with Crippen LogP contribution in [0, 0.1) is 6.92 Å². The van der Waals surface area contributed by atoms with Crippen molar-refractivity contribution in [1.82, 2.24) is 19.2 Å². The number of likely N-dealkylation sites (tertiary alicyclic amines) is 1. The van der Waals surface area contributed by atoms with Crippen molar-refractivity contribution in [3.63, 3.8) is 0 Å². The van der Waals surface area contributed by atoms with Crippen molar-refractivity contribution in [2.75, 3.05) is 32.1 Å². The molecule has 5 heterocycles. The lowest BCUT2D eigenvalue weighted by atomic mass is 9.79. The Bertz CT molecular complexity index is 1240. The summed E-state index contributed by atoms with van der Waals surface area (Å²) in [4.78, 5) is 15.0. The van der Waals surface area contributed by atoms with Gasteiger partial charge >= 0.3 is 0 Å². The maximum Gasteiger partial charge on any atom is 0.257 e. The molecule has 1 N–H and O–H groups in total. The van der Waals surface area contributed by atoms with Gasteiger partial charge in [-0.25, -0.2) is 0 Å². The second-order valence-corrected chi connectivity index (χ2v) is 9.60. The van der Waals surface area contributed by atoms with Gasteiger partial charge in [0.15, 0.2) is 0 Å². The van der Waals surface area contributed by atoms with Crippen molar-refractivity contribution in [2.24, 2.45) is 7.05 Å². The third-order valence-corrected chi connectivity index (χ3v) is 7.53. The molecule has 2 fully saturated rings. The van der Waals surface area contributed by atoms with Gasteiger partial charge in [0.05, 0.1) is 47.6 Å². The van der Waals surface area contributed by atoms with E-state index in [1.807, 2.05) is 31.1 Å². The van der Waals surface area contributed by atoms with E-state index >= 15 is 0 Å². The number of amides is 1. The number of methoxy groups -OCH3 is 1. The molecule has 2 aromatic heterocycles. The highest BCUT2D eigenvalue weighted by Gasteiger charge is 2.54. The molecule has 33 heavy (non-hydrogen) atoms. The minimum atomic E-state index is -0.297. The molecule has 0 aliphatic carbocycles. The Morgan fingerprint density at radius 1 is 1.24 bits per heavy atom. The number of carbonyl (C=O) groups excluding carboxylic acids is 1. The zero-order chi connectivity index (χ0) is 22.8. The highest BCUT2D eigenvalue weighted by molar-refractivity contribution is 5.95. The first kappa shape index (κ1) is 20.4. The van der Waals surface area contributed by atoms with E-state index in [0.29, 0.717) is 25.3 Å². The number of nitrogens with one attached hydrogen (secondary N) is 1. The summed E-state index contributed by atoms with van der Waals surface area (Å²) in [6, 6.07) is 10.4. The lowest BCUT2D eigenvalue weighted by Crippen LogP contribution is -2.48. The quantitative estimate of drug-likeness (QED) is 0.653. The summed E-state index contributed by atoms with van der Waals surface area (Å²) in [5, 5.41) is 8.14. The SMILES string of the molecule is COc1ccc2c(c1)NC1(COC3(CCN(C(=O)c4cn(C)nc4C)CC3)C1)c1cccn1-2. The number of hydrogen-bond donors (Lipinski definition) is 1. The number of nitrogens with zero attached hydrogens (tertiary/aromatic N) is 4. The maximum absolute atomic E-state index is 13.1. The molecule has 1 aromatic carbocycles. The average Bonchev–Trinajstić information content (AvgIpc) is 3.52. The molecule has 0 radical (unpaired) electrons. The van der Waals surface area contributed by atoms with Crippen LogP contribution in [-0.4, -0.2) is 57.6 Å². The summed E-state index contributed by atoms with van der Waals surface area (Å²) < 4.78 is 16.0. The van der Waals surface area contributed by atoms with E-state index in [2.05, 4.69) is 45.4 Å². The molecule has 8 nitrogen and oxygen atoms in total. The molecule has 3 aliphatic rings. The summed E-state index contributed by atoms with van der Waals surface area (Å²) in [5.74, 6) is 0.895. The van der Waals surface area contributed by atoms with Gasteiger partial charge in [-0.2, -0.15) is 5.10 Å². The zero-order valence-electron chi connectivity index (χ0n) is 19.3. The molecule has 6 rings (SSSR count). The standard InChI is InChI=1S/C25H29N5O3/c1-17-19(14-28(2)27-17)23(31)29-11-8-24(9-12-29)15-25(16-33-24)22-5-4-10-30(22)21-7-6-18(32-3)13-20(21)26-25/h4-7,10,13-14,26H,8-9,11-12,15-16H2,1-3H3. The Morgan fingerprint density at radius 2 is 2.06 bits per heavy atom. The number of aryl methyl sites for hydroxylation is 2. The fourth-order valence-corrected chi connectivity index (χ4v) is 5.85. The Labute approximate surface area is 193 Å². The molecule has 1 amide bonds. The van der Waals surface area contributed by atoms with E-state index in [0.717, 1.165) is 42.1 Å². The first-order valence-corrected chi connectivity index (χ1v) is 11.5. The van der Waals surface area contributed by atoms with Gasteiger partial charge < -0.3 is 24.3 Å². The predicted octanol–water partition coefficient (Wildman–Crippen LogP) is 3.24. The Morgan fingerprint density at radius 3 is 2.79 bits per heavy atom. The summed E-state index contributed by atoms with van der Waals surface area (Å²) in [5.41, 5.74) is 4.33. The molecule has 3 aromatic rings. The number of rotatable bonds is 2. The van der Waals surface area contributed by atoms with Crippen molar-refractivity contribution in [1.29, 1.82) is 0 Å². The van der Waals surface area contributed by atoms with Crippen LogP contribution in [0.3, 0.4) is 0 Å². The molecule has 2 saturated heterocycles.